The minimum Gasteiger partial charge on any atom is -0.477 e. The highest BCUT2D eigenvalue weighted by molar-refractivity contribution is 5.95. The molecule has 0 atom stereocenters. The number of allylic oxidation sites excluding steroid dienone is 8. The first-order chi connectivity index (χ1) is 10.3. The van der Waals surface area contributed by atoms with E-state index in [0.29, 0.717) is 12.5 Å². The minimum atomic E-state index is -0.109. The molecule has 106 valence electrons. The van der Waals surface area contributed by atoms with Gasteiger partial charge in [0.1, 0.15) is 0 Å². The highest BCUT2D eigenvalue weighted by Gasteiger charge is 2.22. The van der Waals surface area contributed by atoms with Crippen LogP contribution in [0.2, 0.25) is 0 Å². The van der Waals surface area contributed by atoms with Crippen LogP contribution in [-0.4, -0.2) is 17.5 Å². The van der Waals surface area contributed by atoms with Gasteiger partial charge in [0, 0.05) is 24.5 Å². The number of anilines is 1. The molecule has 1 amide bonds. The van der Waals surface area contributed by atoms with E-state index < -0.39 is 0 Å². The fourth-order valence-corrected chi connectivity index (χ4v) is 2.49. The van der Waals surface area contributed by atoms with Crippen molar-refractivity contribution < 1.29 is 9.53 Å². The second-order valence-corrected chi connectivity index (χ2v) is 4.86. The molecule has 0 saturated heterocycles. The molecule has 1 aliphatic carbocycles. The SMILES string of the molecule is CC(=O)Nc1cnc2c(c1C1=C/C=C\C=C/C=C\1)CCO2. The van der Waals surface area contributed by atoms with E-state index in [1.807, 2.05) is 42.5 Å². The zero-order valence-electron chi connectivity index (χ0n) is 11.8. The number of rotatable bonds is 2. The predicted octanol–water partition coefficient (Wildman–Crippen LogP) is 3.04. The smallest absolute Gasteiger partial charge is 0.221 e. The molecule has 4 heteroatoms. The standard InChI is InChI=1S/C17H16N2O2/c1-12(20)19-15-11-18-17-14(9-10-21-17)16(15)13-7-5-3-2-4-6-8-13/h2-8,11H,9-10H2,1H3,(H,19,20)/b3-2-,4-2?,5-3?,6-4-,7-5-,8-6?,13-7?,13-8+. The molecule has 21 heavy (non-hydrogen) atoms. The predicted molar refractivity (Wildman–Crippen MR) is 83.1 cm³/mol. The van der Waals surface area contributed by atoms with Gasteiger partial charge >= 0.3 is 0 Å². The van der Waals surface area contributed by atoms with Crippen LogP contribution in [0.3, 0.4) is 0 Å². The Balaban J connectivity index is 2.14. The molecule has 1 aromatic heterocycles. The van der Waals surface area contributed by atoms with Crippen LogP contribution in [0.4, 0.5) is 5.69 Å². The molecule has 1 N–H and O–H groups in total. The van der Waals surface area contributed by atoms with Gasteiger partial charge in [-0.15, -0.1) is 0 Å². The summed E-state index contributed by atoms with van der Waals surface area (Å²) < 4.78 is 5.54. The van der Waals surface area contributed by atoms with Gasteiger partial charge in [0.2, 0.25) is 11.8 Å². The molecular formula is C17H16N2O2. The molecule has 3 rings (SSSR count). The number of amides is 1. The van der Waals surface area contributed by atoms with Gasteiger partial charge in [-0.2, -0.15) is 0 Å². The number of ether oxygens (including phenoxy) is 1. The van der Waals surface area contributed by atoms with Gasteiger partial charge in [0.15, 0.2) is 0 Å². The molecule has 2 heterocycles. The minimum absolute atomic E-state index is 0.109. The van der Waals surface area contributed by atoms with Crippen molar-refractivity contribution in [3.8, 4) is 5.88 Å². The van der Waals surface area contributed by atoms with Gasteiger partial charge < -0.3 is 10.1 Å². The Bertz CT molecular complexity index is 697. The second-order valence-electron chi connectivity index (χ2n) is 4.86. The maximum absolute atomic E-state index is 11.4. The average molecular weight is 280 g/mol. The largest absolute Gasteiger partial charge is 0.477 e. The summed E-state index contributed by atoms with van der Waals surface area (Å²) in [5.74, 6) is 0.553. The number of pyridine rings is 1. The van der Waals surface area contributed by atoms with Crippen molar-refractivity contribution in [3.63, 3.8) is 0 Å². The van der Waals surface area contributed by atoms with Crippen molar-refractivity contribution in [2.24, 2.45) is 0 Å². The molecule has 0 spiro atoms. The lowest BCUT2D eigenvalue weighted by atomic mass is 9.96. The van der Waals surface area contributed by atoms with E-state index in [0.717, 1.165) is 28.8 Å². The quantitative estimate of drug-likeness (QED) is 0.906. The van der Waals surface area contributed by atoms with Crippen LogP contribution in [0.5, 0.6) is 5.88 Å². The van der Waals surface area contributed by atoms with Crippen molar-refractivity contribution >= 4 is 17.2 Å². The molecule has 0 aromatic carbocycles. The first-order valence-electron chi connectivity index (χ1n) is 6.90. The van der Waals surface area contributed by atoms with E-state index in [2.05, 4.69) is 10.3 Å². The molecule has 0 saturated carbocycles. The van der Waals surface area contributed by atoms with E-state index >= 15 is 0 Å². The highest BCUT2D eigenvalue weighted by atomic mass is 16.5. The normalized spacial score (nSPS) is 22.8. The van der Waals surface area contributed by atoms with Crippen molar-refractivity contribution in [2.75, 3.05) is 11.9 Å². The topological polar surface area (TPSA) is 51.2 Å². The van der Waals surface area contributed by atoms with Gasteiger partial charge in [-0.1, -0.05) is 42.5 Å². The van der Waals surface area contributed by atoms with Crippen molar-refractivity contribution in [2.45, 2.75) is 13.3 Å². The Kier molecular flexibility index (Phi) is 3.69. The molecule has 4 nitrogen and oxygen atoms in total. The monoisotopic (exact) mass is 280 g/mol. The number of carbonyl (C=O) groups excluding carboxylic acids is 1. The third kappa shape index (κ3) is 2.79. The summed E-state index contributed by atoms with van der Waals surface area (Å²) in [5.41, 5.74) is 3.79. The lowest BCUT2D eigenvalue weighted by Gasteiger charge is -2.14. The number of aromatic nitrogens is 1. The summed E-state index contributed by atoms with van der Waals surface area (Å²) in [6.07, 6.45) is 16.4. The molecule has 1 aliphatic heterocycles. The summed E-state index contributed by atoms with van der Waals surface area (Å²) in [4.78, 5) is 15.7. The number of nitrogens with one attached hydrogen (secondary N) is 1. The van der Waals surface area contributed by atoms with E-state index in [1.165, 1.54) is 6.92 Å². The summed E-state index contributed by atoms with van der Waals surface area (Å²) in [6, 6.07) is 0. The maximum Gasteiger partial charge on any atom is 0.221 e. The van der Waals surface area contributed by atoms with Crippen molar-refractivity contribution in [1.29, 1.82) is 0 Å². The highest BCUT2D eigenvalue weighted by Crippen LogP contribution is 2.36. The molecule has 0 fully saturated rings. The van der Waals surface area contributed by atoms with Crippen LogP contribution in [0.15, 0.2) is 48.7 Å². The van der Waals surface area contributed by atoms with E-state index in [1.54, 1.807) is 6.20 Å². The van der Waals surface area contributed by atoms with E-state index in [-0.39, 0.29) is 5.91 Å². The summed E-state index contributed by atoms with van der Waals surface area (Å²) >= 11 is 0. The number of fused-ring (bicyclic) bond motifs is 1. The zero-order chi connectivity index (χ0) is 14.7. The lowest BCUT2D eigenvalue weighted by molar-refractivity contribution is -0.114. The molecular weight excluding hydrogens is 264 g/mol. The number of carbonyl (C=O) groups is 1. The Morgan fingerprint density at radius 2 is 2.05 bits per heavy atom. The van der Waals surface area contributed by atoms with Crippen LogP contribution < -0.4 is 10.1 Å². The number of hydrogen-bond acceptors (Lipinski definition) is 3. The molecule has 2 aliphatic rings. The summed E-state index contributed by atoms with van der Waals surface area (Å²) in [7, 11) is 0. The number of hydrogen-bond donors (Lipinski definition) is 1. The van der Waals surface area contributed by atoms with E-state index in [4.69, 9.17) is 4.74 Å². The number of nitrogens with zero attached hydrogens (tertiary/aromatic N) is 1. The van der Waals surface area contributed by atoms with E-state index in [9.17, 15) is 4.79 Å². The first-order valence-corrected chi connectivity index (χ1v) is 6.90. The lowest BCUT2D eigenvalue weighted by Crippen LogP contribution is -2.09. The van der Waals surface area contributed by atoms with Crippen LogP contribution in [0.1, 0.15) is 18.1 Å². The molecule has 0 radical (unpaired) electrons. The third-order valence-corrected chi connectivity index (χ3v) is 3.33. The molecule has 1 aromatic rings. The van der Waals surface area contributed by atoms with Crippen LogP contribution in [0.25, 0.3) is 5.57 Å². The Hall–Kier alpha value is -2.62. The Labute approximate surface area is 123 Å². The van der Waals surface area contributed by atoms with Crippen molar-refractivity contribution in [3.05, 3.63) is 59.9 Å². The molecule has 0 bridgehead atoms. The second kappa shape index (κ2) is 5.79. The molecule has 0 unspecified atom stereocenters. The zero-order valence-corrected chi connectivity index (χ0v) is 11.8. The maximum atomic E-state index is 11.4. The Morgan fingerprint density at radius 1 is 1.24 bits per heavy atom. The van der Waals surface area contributed by atoms with Gasteiger partial charge in [-0.25, -0.2) is 4.98 Å². The van der Waals surface area contributed by atoms with Crippen LogP contribution >= 0.6 is 0 Å². The van der Waals surface area contributed by atoms with Gasteiger partial charge in [0.05, 0.1) is 18.5 Å². The fourth-order valence-electron chi connectivity index (χ4n) is 2.49. The van der Waals surface area contributed by atoms with Crippen LogP contribution in [-0.2, 0) is 11.2 Å². The van der Waals surface area contributed by atoms with Crippen LogP contribution in [0, 0.1) is 0 Å². The Morgan fingerprint density at radius 3 is 2.90 bits per heavy atom. The summed E-state index contributed by atoms with van der Waals surface area (Å²) in [5, 5.41) is 2.86. The summed E-state index contributed by atoms with van der Waals surface area (Å²) in [6.45, 7) is 2.13. The fraction of sp³-hybridized carbons (Fsp3) is 0.176. The van der Waals surface area contributed by atoms with Gasteiger partial charge in [-0.3, -0.25) is 4.79 Å². The van der Waals surface area contributed by atoms with Gasteiger partial charge in [-0.05, 0) is 5.57 Å². The first kappa shape index (κ1) is 13.4. The average Bonchev–Trinajstić information content (AvgIpc) is 2.87. The van der Waals surface area contributed by atoms with Crippen molar-refractivity contribution in [1.82, 2.24) is 4.98 Å². The van der Waals surface area contributed by atoms with Gasteiger partial charge in [0.25, 0.3) is 0 Å². The third-order valence-electron chi connectivity index (χ3n) is 3.33.